The van der Waals surface area contributed by atoms with E-state index in [1.54, 1.807) is 0 Å². The summed E-state index contributed by atoms with van der Waals surface area (Å²) in [7, 11) is -3.80. The van der Waals surface area contributed by atoms with Crippen molar-refractivity contribution in [2.24, 2.45) is 16.8 Å². The van der Waals surface area contributed by atoms with Gasteiger partial charge in [-0.15, -0.1) is 0 Å². The predicted molar refractivity (Wildman–Crippen MR) is 59.7 cm³/mol. The van der Waals surface area contributed by atoms with Crippen LogP contribution in [-0.2, 0) is 15.0 Å². The summed E-state index contributed by atoms with van der Waals surface area (Å²) < 4.78 is 23.4. The lowest BCUT2D eigenvalue weighted by molar-refractivity contribution is -0.138. The standard InChI is InChI=1S/C8H19N3O4S/c1-6(2)5-11(16(10,14)15)4-3-7(9)8(12)13/h6-7H,3-5,9H2,1-2H3,(H,12,13)(H2,10,14,15). The van der Waals surface area contributed by atoms with Gasteiger partial charge in [0.25, 0.3) is 10.2 Å². The molecule has 0 bridgehead atoms. The van der Waals surface area contributed by atoms with E-state index in [9.17, 15) is 13.2 Å². The van der Waals surface area contributed by atoms with Crippen LogP contribution in [0.4, 0.5) is 0 Å². The van der Waals surface area contributed by atoms with Gasteiger partial charge in [0, 0.05) is 13.1 Å². The molecule has 0 aliphatic heterocycles. The molecule has 0 fully saturated rings. The number of carbonyl (C=O) groups is 1. The van der Waals surface area contributed by atoms with E-state index < -0.39 is 22.2 Å². The summed E-state index contributed by atoms with van der Waals surface area (Å²) >= 11 is 0. The molecule has 0 spiro atoms. The summed E-state index contributed by atoms with van der Waals surface area (Å²) in [5.41, 5.74) is 5.28. The van der Waals surface area contributed by atoms with E-state index in [2.05, 4.69) is 0 Å². The van der Waals surface area contributed by atoms with Gasteiger partial charge in [-0.05, 0) is 12.3 Å². The third kappa shape index (κ3) is 6.01. The van der Waals surface area contributed by atoms with Gasteiger partial charge >= 0.3 is 5.97 Å². The molecule has 96 valence electrons. The maximum Gasteiger partial charge on any atom is 0.320 e. The molecule has 0 amide bonds. The minimum Gasteiger partial charge on any atom is -0.480 e. The molecule has 0 aliphatic carbocycles. The fourth-order valence-electron chi connectivity index (χ4n) is 1.14. The molecule has 0 aliphatic rings. The zero-order valence-corrected chi connectivity index (χ0v) is 10.3. The van der Waals surface area contributed by atoms with Crippen LogP contribution in [0.3, 0.4) is 0 Å². The van der Waals surface area contributed by atoms with Crippen LogP contribution < -0.4 is 10.9 Å². The number of hydrogen-bond acceptors (Lipinski definition) is 4. The number of nitrogens with two attached hydrogens (primary N) is 2. The van der Waals surface area contributed by atoms with E-state index in [1.807, 2.05) is 13.8 Å². The van der Waals surface area contributed by atoms with E-state index in [0.717, 1.165) is 4.31 Å². The van der Waals surface area contributed by atoms with Crippen molar-refractivity contribution < 1.29 is 18.3 Å². The van der Waals surface area contributed by atoms with Crippen molar-refractivity contribution in [2.75, 3.05) is 13.1 Å². The van der Waals surface area contributed by atoms with E-state index in [0.29, 0.717) is 0 Å². The number of nitrogens with zero attached hydrogens (tertiary/aromatic N) is 1. The molecular weight excluding hydrogens is 234 g/mol. The maximum atomic E-state index is 11.2. The second kappa shape index (κ2) is 6.14. The van der Waals surface area contributed by atoms with E-state index in [4.69, 9.17) is 16.0 Å². The van der Waals surface area contributed by atoms with Crippen LogP contribution >= 0.6 is 0 Å². The van der Waals surface area contributed by atoms with Gasteiger partial charge in [-0.2, -0.15) is 12.7 Å². The molecule has 0 aromatic heterocycles. The van der Waals surface area contributed by atoms with Crippen molar-refractivity contribution >= 4 is 16.2 Å². The third-order valence-corrected chi connectivity index (χ3v) is 2.99. The van der Waals surface area contributed by atoms with Gasteiger partial charge in [0.15, 0.2) is 0 Å². The van der Waals surface area contributed by atoms with Gasteiger partial charge in [0.2, 0.25) is 0 Å². The maximum absolute atomic E-state index is 11.2. The van der Waals surface area contributed by atoms with Crippen molar-refractivity contribution in [3.8, 4) is 0 Å². The third-order valence-electron chi connectivity index (χ3n) is 1.94. The van der Waals surface area contributed by atoms with Crippen molar-refractivity contribution in [3.05, 3.63) is 0 Å². The lowest BCUT2D eigenvalue weighted by atomic mass is 10.2. The zero-order valence-electron chi connectivity index (χ0n) is 9.46. The van der Waals surface area contributed by atoms with Crippen molar-refractivity contribution in [2.45, 2.75) is 26.3 Å². The molecule has 0 aromatic carbocycles. The molecular formula is C8H19N3O4S. The molecule has 16 heavy (non-hydrogen) atoms. The highest BCUT2D eigenvalue weighted by Crippen LogP contribution is 2.04. The van der Waals surface area contributed by atoms with Crippen LogP contribution in [0.5, 0.6) is 0 Å². The fourth-order valence-corrected chi connectivity index (χ4v) is 2.00. The van der Waals surface area contributed by atoms with Gasteiger partial charge in [-0.3, -0.25) is 4.79 Å². The molecule has 1 unspecified atom stereocenters. The van der Waals surface area contributed by atoms with Gasteiger partial charge in [0.1, 0.15) is 6.04 Å². The molecule has 8 heteroatoms. The number of rotatable bonds is 7. The average molecular weight is 253 g/mol. The van der Waals surface area contributed by atoms with Gasteiger partial charge in [0.05, 0.1) is 0 Å². The highest BCUT2D eigenvalue weighted by atomic mass is 32.2. The van der Waals surface area contributed by atoms with E-state index >= 15 is 0 Å². The summed E-state index contributed by atoms with van der Waals surface area (Å²) in [5.74, 6) is -1.04. The number of carboxylic acids is 1. The Hall–Kier alpha value is -0.700. The summed E-state index contributed by atoms with van der Waals surface area (Å²) in [6, 6.07) is -1.07. The Morgan fingerprint density at radius 2 is 1.94 bits per heavy atom. The lowest BCUT2D eigenvalue weighted by Crippen LogP contribution is -2.42. The Morgan fingerprint density at radius 3 is 2.25 bits per heavy atom. The smallest absolute Gasteiger partial charge is 0.320 e. The minimum atomic E-state index is -3.80. The summed E-state index contributed by atoms with van der Waals surface area (Å²) in [6.45, 7) is 3.96. The van der Waals surface area contributed by atoms with E-state index in [-0.39, 0.29) is 25.4 Å². The Labute approximate surface area is 95.6 Å². The first-order valence-corrected chi connectivity index (χ1v) is 6.41. The second-order valence-electron chi connectivity index (χ2n) is 4.03. The largest absolute Gasteiger partial charge is 0.480 e. The number of aliphatic carboxylic acids is 1. The zero-order chi connectivity index (χ0) is 12.9. The highest BCUT2D eigenvalue weighted by Gasteiger charge is 2.21. The molecule has 0 heterocycles. The molecule has 5 N–H and O–H groups in total. The summed E-state index contributed by atoms with van der Waals surface area (Å²) in [5, 5.41) is 13.6. The second-order valence-corrected chi connectivity index (χ2v) is 5.58. The molecule has 0 rings (SSSR count). The first-order valence-electron chi connectivity index (χ1n) is 4.91. The number of hydrogen-bond donors (Lipinski definition) is 3. The minimum absolute atomic E-state index is 0.0183. The van der Waals surface area contributed by atoms with Crippen molar-refractivity contribution in [3.63, 3.8) is 0 Å². The van der Waals surface area contributed by atoms with Crippen LogP contribution in [0, 0.1) is 5.92 Å². The summed E-state index contributed by atoms with van der Waals surface area (Å²) in [6.07, 6.45) is 0.0402. The Kier molecular flexibility index (Phi) is 5.87. The first-order chi connectivity index (χ1) is 7.14. The van der Waals surface area contributed by atoms with Crippen molar-refractivity contribution in [1.29, 1.82) is 0 Å². The van der Waals surface area contributed by atoms with Crippen LogP contribution in [0.2, 0.25) is 0 Å². The van der Waals surface area contributed by atoms with Crippen molar-refractivity contribution in [1.82, 2.24) is 4.31 Å². The average Bonchev–Trinajstić information content (AvgIpc) is 2.08. The van der Waals surface area contributed by atoms with Crippen LogP contribution in [-0.4, -0.2) is 42.9 Å². The SMILES string of the molecule is CC(C)CN(CCC(N)C(=O)O)S(N)(=O)=O. The van der Waals surface area contributed by atoms with Gasteiger partial charge in [-0.25, -0.2) is 5.14 Å². The predicted octanol–water partition coefficient (Wildman–Crippen LogP) is -1.05. The lowest BCUT2D eigenvalue weighted by Gasteiger charge is -2.22. The van der Waals surface area contributed by atoms with Gasteiger partial charge < -0.3 is 10.8 Å². The Bertz CT molecular complexity index is 328. The van der Waals surface area contributed by atoms with Crippen LogP contribution in [0.1, 0.15) is 20.3 Å². The number of carboxylic acid groups (broad SMARTS) is 1. The first kappa shape index (κ1) is 15.3. The summed E-state index contributed by atoms with van der Waals surface area (Å²) in [4.78, 5) is 10.5. The molecule has 1 atom stereocenters. The molecule has 0 saturated heterocycles. The molecule has 0 saturated carbocycles. The Balaban J connectivity index is 4.40. The molecule has 0 aromatic rings. The molecule has 7 nitrogen and oxygen atoms in total. The van der Waals surface area contributed by atoms with Crippen LogP contribution in [0.25, 0.3) is 0 Å². The van der Waals surface area contributed by atoms with Crippen LogP contribution in [0.15, 0.2) is 0 Å². The van der Waals surface area contributed by atoms with E-state index in [1.165, 1.54) is 0 Å². The highest BCUT2D eigenvalue weighted by molar-refractivity contribution is 7.86. The van der Waals surface area contributed by atoms with Gasteiger partial charge in [-0.1, -0.05) is 13.8 Å². The topological polar surface area (TPSA) is 127 Å². The normalized spacial score (nSPS) is 14.4. The Morgan fingerprint density at radius 1 is 1.44 bits per heavy atom. The monoisotopic (exact) mass is 253 g/mol. The quantitative estimate of drug-likeness (QED) is 0.533. The molecule has 0 radical (unpaired) electrons. The fraction of sp³-hybridized carbons (Fsp3) is 0.875.